The highest BCUT2D eigenvalue weighted by Gasteiger charge is 2.31. The smallest absolute Gasteiger partial charge is 0.409 e. The first-order valence-corrected chi connectivity index (χ1v) is 7.05. The van der Waals surface area contributed by atoms with Crippen LogP contribution in [0.25, 0.3) is 0 Å². The standard InChI is InChI=1S/C15H31N2O2/c1-9-12(4)10-16-15(8,11(2)3)17-13(18)19-14(5,6)7/h11-12,16H,1,9-10H2,2-8H3,(H,17,18)/t12?,15-/m0/s1. The molecule has 1 amide bonds. The molecule has 1 unspecified atom stereocenters. The Balaban J connectivity index is 4.58. The Bertz CT molecular complexity index is 284. The van der Waals surface area contributed by atoms with Gasteiger partial charge in [0.1, 0.15) is 5.60 Å². The van der Waals surface area contributed by atoms with Gasteiger partial charge in [-0.05, 0) is 52.5 Å². The summed E-state index contributed by atoms with van der Waals surface area (Å²) in [5.74, 6) is 0.718. The summed E-state index contributed by atoms with van der Waals surface area (Å²) in [6.07, 6.45) is 0.478. The van der Waals surface area contributed by atoms with Crippen molar-refractivity contribution < 1.29 is 9.53 Å². The molecule has 0 aromatic rings. The van der Waals surface area contributed by atoms with Gasteiger partial charge < -0.3 is 10.1 Å². The normalized spacial score (nSPS) is 16.9. The Kier molecular flexibility index (Phi) is 6.84. The van der Waals surface area contributed by atoms with Gasteiger partial charge in [0, 0.05) is 0 Å². The van der Waals surface area contributed by atoms with E-state index in [0.717, 1.165) is 13.0 Å². The van der Waals surface area contributed by atoms with Gasteiger partial charge in [0.25, 0.3) is 0 Å². The zero-order valence-electron chi connectivity index (χ0n) is 13.6. The van der Waals surface area contributed by atoms with Gasteiger partial charge in [-0.15, -0.1) is 0 Å². The van der Waals surface area contributed by atoms with Crippen LogP contribution >= 0.6 is 0 Å². The predicted octanol–water partition coefficient (Wildman–Crippen LogP) is 3.33. The molecule has 0 saturated carbocycles. The number of nitrogens with one attached hydrogen (secondary N) is 2. The summed E-state index contributed by atoms with van der Waals surface area (Å²) in [7, 11) is 0. The first-order valence-electron chi connectivity index (χ1n) is 7.05. The molecule has 0 aromatic heterocycles. The lowest BCUT2D eigenvalue weighted by Crippen LogP contribution is -2.61. The summed E-state index contributed by atoms with van der Waals surface area (Å²) in [6, 6.07) is 0. The molecule has 4 nitrogen and oxygen atoms in total. The average molecular weight is 271 g/mol. The highest BCUT2D eigenvalue weighted by molar-refractivity contribution is 5.68. The lowest BCUT2D eigenvalue weighted by atomic mass is 9.97. The van der Waals surface area contributed by atoms with Crippen molar-refractivity contribution in [2.24, 2.45) is 11.8 Å². The number of alkyl carbamates (subject to hydrolysis) is 1. The summed E-state index contributed by atoms with van der Waals surface area (Å²) >= 11 is 0. The molecule has 4 heteroatoms. The highest BCUT2D eigenvalue weighted by Crippen LogP contribution is 2.16. The molecule has 0 aliphatic heterocycles. The Morgan fingerprint density at radius 3 is 2.11 bits per heavy atom. The fraction of sp³-hybridized carbons (Fsp3) is 0.867. The Labute approximate surface area is 118 Å². The SMILES string of the molecule is [CH2]CC(C)CN[C@@](C)(NC(=O)OC(C)(C)C)C(C)C. The topological polar surface area (TPSA) is 50.4 Å². The molecular formula is C15H31N2O2. The van der Waals surface area contributed by atoms with Gasteiger partial charge in [-0.25, -0.2) is 4.79 Å². The molecular weight excluding hydrogens is 240 g/mol. The van der Waals surface area contributed by atoms with Crippen LogP contribution in [0.5, 0.6) is 0 Å². The third-order valence-electron chi connectivity index (χ3n) is 3.23. The number of rotatable bonds is 6. The molecule has 19 heavy (non-hydrogen) atoms. The van der Waals surface area contributed by atoms with Gasteiger partial charge in [0.15, 0.2) is 0 Å². The third kappa shape index (κ3) is 7.41. The minimum atomic E-state index is -0.484. The van der Waals surface area contributed by atoms with Crippen LogP contribution in [-0.4, -0.2) is 23.9 Å². The van der Waals surface area contributed by atoms with E-state index in [4.69, 9.17) is 4.74 Å². The third-order valence-corrected chi connectivity index (χ3v) is 3.23. The number of hydrogen-bond donors (Lipinski definition) is 2. The molecule has 1 radical (unpaired) electrons. The molecule has 0 saturated heterocycles. The zero-order valence-corrected chi connectivity index (χ0v) is 13.6. The van der Waals surface area contributed by atoms with E-state index in [2.05, 4.69) is 38.3 Å². The summed E-state index contributed by atoms with van der Waals surface area (Å²) in [6.45, 7) is 18.5. The quantitative estimate of drug-likeness (QED) is 0.729. The fourth-order valence-electron chi connectivity index (χ4n) is 1.40. The summed E-state index contributed by atoms with van der Waals surface area (Å²) < 4.78 is 5.31. The van der Waals surface area contributed by atoms with Crippen LogP contribution in [0.15, 0.2) is 0 Å². The van der Waals surface area contributed by atoms with E-state index < -0.39 is 17.4 Å². The van der Waals surface area contributed by atoms with Crippen molar-refractivity contribution in [3.05, 3.63) is 6.92 Å². The van der Waals surface area contributed by atoms with Crippen molar-refractivity contribution in [3.63, 3.8) is 0 Å². The van der Waals surface area contributed by atoms with Gasteiger partial charge in [0.2, 0.25) is 0 Å². The van der Waals surface area contributed by atoms with Crippen molar-refractivity contribution in [3.8, 4) is 0 Å². The maximum Gasteiger partial charge on any atom is 0.409 e. The van der Waals surface area contributed by atoms with Crippen LogP contribution in [-0.2, 0) is 4.74 Å². The molecule has 0 aliphatic rings. The summed E-state index contributed by atoms with van der Waals surface area (Å²) in [5.41, 5.74) is -0.964. The number of carbonyl (C=O) groups excluding carboxylic acids is 1. The van der Waals surface area contributed by atoms with Gasteiger partial charge in [0.05, 0.1) is 5.66 Å². The van der Waals surface area contributed by atoms with E-state index in [9.17, 15) is 4.79 Å². The van der Waals surface area contributed by atoms with Crippen LogP contribution in [0, 0.1) is 18.8 Å². The largest absolute Gasteiger partial charge is 0.444 e. The van der Waals surface area contributed by atoms with Gasteiger partial charge in [-0.1, -0.05) is 27.7 Å². The molecule has 0 rings (SSSR count). The second-order valence-corrected chi connectivity index (χ2v) is 6.76. The number of amides is 1. The molecule has 0 fully saturated rings. The molecule has 113 valence electrons. The van der Waals surface area contributed by atoms with Crippen molar-refractivity contribution in [2.75, 3.05) is 6.54 Å². The Morgan fingerprint density at radius 2 is 1.74 bits per heavy atom. The van der Waals surface area contributed by atoms with Crippen LogP contribution in [0.3, 0.4) is 0 Å². The van der Waals surface area contributed by atoms with Crippen LogP contribution in [0.2, 0.25) is 0 Å². The van der Waals surface area contributed by atoms with E-state index in [1.807, 2.05) is 27.7 Å². The second-order valence-electron chi connectivity index (χ2n) is 6.76. The molecule has 2 atom stereocenters. The maximum atomic E-state index is 11.9. The lowest BCUT2D eigenvalue weighted by Gasteiger charge is -2.37. The maximum absolute atomic E-state index is 11.9. The predicted molar refractivity (Wildman–Crippen MR) is 79.8 cm³/mol. The fourth-order valence-corrected chi connectivity index (χ4v) is 1.40. The summed E-state index contributed by atoms with van der Waals surface area (Å²) in [5, 5.41) is 6.35. The van der Waals surface area contributed by atoms with E-state index in [1.165, 1.54) is 0 Å². The van der Waals surface area contributed by atoms with E-state index in [0.29, 0.717) is 5.92 Å². The Morgan fingerprint density at radius 1 is 1.21 bits per heavy atom. The molecule has 0 spiro atoms. The zero-order chi connectivity index (χ0) is 15.3. The Hall–Kier alpha value is -0.770. The van der Waals surface area contributed by atoms with Crippen molar-refractivity contribution in [1.82, 2.24) is 10.6 Å². The molecule has 0 aliphatic carbocycles. The second kappa shape index (κ2) is 7.13. The van der Waals surface area contributed by atoms with Crippen LogP contribution < -0.4 is 10.6 Å². The van der Waals surface area contributed by atoms with E-state index in [1.54, 1.807) is 0 Å². The van der Waals surface area contributed by atoms with Crippen molar-refractivity contribution in [2.45, 2.75) is 66.2 Å². The van der Waals surface area contributed by atoms with Crippen LogP contribution in [0.4, 0.5) is 4.79 Å². The molecule has 0 aromatic carbocycles. The number of ether oxygens (including phenoxy) is 1. The first-order chi connectivity index (χ1) is 8.50. The number of hydrogen-bond acceptors (Lipinski definition) is 3. The minimum Gasteiger partial charge on any atom is -0.444 e. The lowest BCUT2D eigenvalue weighted by molar-refractivity contribution is 0.0395. The van der Waals surface area contributed by atoms with Gasteiger partial charge >= 0.3 is 6.09 Å². The van der Waals surface area contributed by atoms with E-state index in [-0.39, 0.29) is 5.92 Å². The number of carbonyl (C=O) groups is 1. The monoisotopic (exact) mass is 271 g/mol. The van der Waals surface area contributed by atoms with Gasteiger partial charge in [-0.2, -0.15) is 0 Å². The first kappa shape index (κ1) is 18.2. The summed E-state index contributed by atoms with van der Waals surface area (Å²) in [4.78, 5) is 11.9. The van der Waals surface area contributed by atoms with Crippen LogP contribution in [0.1, 0.15) is 54.9 Å². The highest BCUT2D eigenvalue weighted by atomic mass is 16.6. The average Bonchev–Trinajstić information content (AvgIpc) is 2.22. The van der Waals surface area contributed by atoms with Crippen molar-refractivity contribution >= 4 is 6.09 Å². The molecule has 2 N–H and O–H groups in total. The van der Waals surface area contributed by atoms with E-state index >= 15 is 0 Å². The van der Waals surface area contributed by atoms with Gasteiger partial charge in [-0.3, -0.25) is 5.32 Å². The molecule has 0 bridgehead atoms. The minimum absolute atomic E-state index is 0.247. The van der Waals surface area contributed by atoms with Crippen molar-refractivity contribution in [1.29, 1.82) is 0 Å². The molecule has 0 heterocycles.